The fraction of sp³-hybridized carbons (Fsp3) is 0.567. The fourth-order valence-electron chi connectivity index (χ4n) is 4.59. The number of amides is 1. The van der Waals surface area contributed by atoms with Gasteiger partial charge >= 0.3 is 6.09 Å². The van der Waals surface area contributed by atoms with E-state index in [4.69, 9.17) is 18.9 Å². The van der Waals surface area contributed by atoms with Gasteiger partial charge < -0.3 is 29.4 Å². The van der Waals surface area contributed by atoms with Crippen LogP contribution in [0.1, 0.15) is 52.5 Å². The van der Waals surface area contributed by atoms with E-state index in [1.54, 1.807) is 32.9 Å². The van der Waals surface area contributed by atoms with Crippen LogP contribution in [-0.2, 0) is 30.7 Å². The third-order valence-corrected chi connectivity index (χ3v) is 8.62. The number of sulfonamides is 1. The van der Waals surface area contributed by atoms with Gasteiger partial charge in [-0.3, -0.25) is 0 Å². The van der Waals surface area contributed by atoms with E-state index >= 15 is 0 Å². The van der Waals surface area contributed by atoms with Gasteiger partial charge in [0.05, 0.1) is 37.4 Å². The van der Waals surface area contributed by atoms with Gasteiger partial charge in [0.15, 0.2) is 5.79 Å². The fourth-order valence-corrected chi connectivity index (χ4v) is 6.08. The van der Waals surface area contributed by atoms with Crippen LogP contribution in [0.25, 0.3) is 0 Å². The van der Waals surface area contributed by atoms with Gasteiger partial charge in [-0.05, 0) is 76.8 Å². The number of aliphatic hydroxyl groups excluding tert-OH is 1. The maximum Gasteiger partial charge on any atom is 0.407 e. The topological polar surface area (TPSA) is 124 Å². The van der Waals surface area contributed by atoms with Crippen LogP contribution in [0.3, 0.4) is 0 Å². The summed E-state index contributed by atoms with van der Waals surface area (Å²) in [5.74, 6) is -0.137. The van der Waals surface area contributed by atoms with Gasteiger partial charge in [0, 0.05) is 19.5 Å². The van der Waals surface area contributed by atoms with E-state index < -0.39 is 39.7 Å². The number of rotatable bonds is 14. The van der Waals surface area contributed by atoms with Crippen molar-refractivity contribution in [2.24, 2.45) is 0 Å². The first-order valence-corrected chi connectivity index (χ1v) is 15.4. The highest BCUT2D eigenvalue weighted by molar-refractivity contribution is 7.89. The van der Waals surface area contributed by atoms with Crippen LogP contribution in [0.5, 0.6) is 5.75 Å². The lowest BCUT2D eigenvalue weighted by Crippen LogP contribution is -2.51. The van der Waals surface area contributed by atoms with Crippen molar-refractivity contribution in [2.45, 2.75) is 81.8 Å². The summed E-state index contributed by atoms with van der Waals surface area (Å²) in [5.41, 5.74) is 0.140. The summed E-state index contributed by atoms with van der Waals surface area (Å²) in [7, 11) is -2.48. The minimum Gasteiger partial charge on any atom is -0.497 e. The molecule has 0 saturated carbocycles. The Hall–Kier alpha value is -2.70. The van der Waals surface area contributed by atoms with Gasteiger partial charge in [0.2, 0.25) is 10.0 Å². The van der Waals surface area contributed by atoms with Crippen molar-refractivity contribution in [2.75, 3.05) is 33.4 Å². The molecule has 0 radical (unpaired) electrons. The predicted molar refractivity (Wildman–Crippen MR) is 155 cm³/mol. The van der Waals surface area contributed by atoms with E-state index in [9.17, 15) is 18.3 Å². The molecular weight excluding hydrogens is 548 g/mol. The maximum absolute atomic E-state index is 13.8. The average Bonchev–Trinajstić information content (AvgIpc) is 3.35. The second kappa shape index (κ2) is 14.5. The molecular formula is C30H44N2O8S. The maximum atomic E-state index is 13.8. The van der Waals surface area contributed by atoms with Crippen LogP contribution in [0, 0.1) is 0 Å². The quantitative estimate of drug-likeness (QED) is 0.314. The molecule has 0 aromatic heterocycles. The number of carbonyl (C=O) groups excluding carboxylic acids is 1. The molecule has 2 aromatic carbocycles. The van der Waals surface area contributed by atoms with Crippen LogP contribution < -0.4 is 10.1 Å². The third kappa shape index (κ3) is 10.3. The Morgan fingerprint density at radius 2 is 1.71 bits per heavy atom. The highest BCUT2D eigenvalue weighted by atomic mass is 32.2. The molecule has 1 saturated heterocycles. The minimum atomic E-state index is -3.99. The normalized spacial score (nSPS) is 16.8. The van der Waals surface area contributed by atoms with E-state index in [0.29, 0.717) is 38.2 Å². The standard InChI is InChI=1S/C30H44N2O8S/c1-29(2,3)40-28(34)31-26(21-23-11-7-6-8-12-23)27(33)22-32(18-10-9-17-30(4)38-19-20-39-30)41(35,36)25-15-13-24(37-5)14-16-25/h6-8,11-16,26-27,33H,9-10,17-22H2,1-5H3,(H,31,34). The summed E-state index contributed by atoms with van der Waals surface area (Å²) in [6.45, 7) is 8.13. The molecule has 228 valence electrons. The summed E-state index contributed by atoms with van der Waals surface area (Å²) >= 11 is 0. The summed E-state index contributed by atoms with van der Waals surface area (Å²) < 4.78 is 50.8. The second-order valence-corrected chi connectivity index (χ2v) is 13.3. The monoisotopic (exact) mass is 592 g/mol. The first-order valence-electron chi connectivity index (χ1n) is 13.9. The molecule has 2 N–H and O–H groups in total. The zero-order valence-corrected chi connectivity index (χ0v) is 25.5. The summed E-state index contributed by atoms with van der Waals surface area (Å²) in [6, 6.07) is 14.7. The molecule has 1 heterocycles. The Balaban J connectivity index is 1.81. The smallest absolute Gasteiger partial charge is 0.407 e. The molecule has 0 spiro atoms. The van der Waals surface area contributed by atoms with Gasteiger partial charge in [-0.2, -0.15) is 4.31 Å². The van der Waals surface area contributed by atoms with E-state index in [2.05, 4.69) is 5.32 Å². The van der Waals surface area contributed by atoms with E-state index in [0.717, 1.165) is 5.56 Å². The van der Waals surface area contributed by atoms with Crippen molar-refractivity contribution >= 4 is 16.1 Å². The zero-order valence-electron chi connectivity index (χ0n) is 24.7. The molecule has 1 aliphatic rings. The van der Waals surface area contributed by atoms with Crippen molar-refractivity contribution in [1.82, 2.24) is 9.62 Å². The number of nitrogens with zero attached hydrogens (tertiary/aromatic N) is 1. The first kappa shape index (κ1) is 32.8. The van der Waals surface area contributed by atoms with Gasteiger partial charge in [0.1, 0.15) is 11.4 Å². The molecule has 11 heteroatoms. The number of carbonyl (C=O) groups is 1. The highest BCUT2D eigenvalue weighted by Gasteiger charge is 2.33. The van der Waals surface area contributed by atoms with Crippen LogP contribution in [0.4, 0.5) is 4.79 Å². The molecule has 0 aliphatic carbocycles. The number of ether oxygens (including phenoxy) is 4. The lowest BCUT2D eigenvalue weighted by molar-refractivity contribution is -0.147. The van der Waals surface area contributed by atoms with Gasteiger partial charge in [-0.15, -0.1) is 0 Å². The SMILES string of the molecule is COc1ccc(S(=O)(=O)N(CCCCC2(C)OCCO2)CC(O)C(Cc2ccccc2)NC(=O)OC(C)(C)C)cc1. The van der Waals surface area contributed by atoms with E-state index in [-0.39, 0.29) is 24.4 Å². The number of unbranched alkanes of at least 4 members (excludes halogenated alkanes) is 1. The van der Waals surface area contributed by atoms with E-state index in [1.807, 2.05) is 37.3 Å². The number of alkyl carbamates (subject to hydrolysis) is 1. The van der Waals surface area contributed by atoms with Crippen molar-refractivity contribution in [1.29, 1.82) is 0 Å². The van der Waals surface area contributed by atoms with Crippen molar-refractivity contribution < 1.29 is 37.3 Å². The van der Waals surface area contributed by atoms with Crippen molar-refractivity contribution in [3.8, 4) is 5.75 Å². The molecule has 1 fully saturated rings. The predicted octanol–water partition coefficient (Wildman–Crippen LogP) is 4.12. The van der Waals surface area contributed by atoms with Crippen LogP contribution >= 0.6 is 0 Å². The van der Waals surface area contributed by atoms with Gasteiger partial charge in [-0.25, -0.2) is 13.2 Å². The molecule has 0 bridgehead atoms. The Morgan fingerprint density at radius 1 is 1.07 bits per heavy atom. The lowest BCUT2D eigenvalue weighted by Gasteiger charge is -2.31. The zero-order chi connectivity index (χ0) is 30.1. The molecule has 2 aromatic rings. The Morgan fingerprint density at radius 3 is 2.29 bits per heavy atom. The lowest BCUT2D eigenvalue weighted by atomic mass is 10.0. The van der Waals surface area contributed by atoms with Crippen LogP contribution in [0.15, 0.2) is 59.5 Å². The molecule has 1 amide bonds. The summed E-state index contributed by atoms with van der Waals surface area (Å²) in [6.07, 6.45) is 0.160. The number of methoxy groups -OCH3 is 1. The number of aliphatic hydroxyl groups is 1. The van der Waals surface area contributed by atoms with Crippen LogP contribution in [0.2, 0.25) is 0 Å². The minimum absolute atomic E-state index is 0.0830. The Kier molecular flexibility index (Phi) is 11.6. The largest absolute Gasteiger partial charge is 0.497 e. The van der Waals surface area contributed by atoms with Gasteiger partial charge in [0.25, 0.3) is 0 Å². The number of nitrogens with one attached hydrogen (secondary N) is 1. The molecule has 41 heavy (non-hydrogen) atoms. The third-order valence-electron chi connectivity index (χ3n) is 6.74. The summed E-state index contributed by atoms with van der Waals surface area (Å²) in [4.78, 5) is 12.8. The Labute approximate surface area is 244 Å². The molecule has 2 atom stereocenters. The second-order valence-electron chi connectivity index (χ2n) is 11.3. The number of hydrogen-bond donors (Lipinski definition) is 2. The number of benzene rings is 2. The molecule has 1 aliphatic heterocycles. The average molecular weight is 593 g/mol. The van der Waals surface area contributed by atoms with E-state index in [1.165, 1.54) is 23.5 Å². The van der Waals surface area contributed by atoms with Crippen molar-refractivity contribution in [3.63, 3.8) is 0 Å². The number of hydrogen-bond acceptors (Lipinski definition) is 8. The van der Waals surface area contributed by atoms with Gasteiger partial charge in [-0.1, -0.05) is 30.3 Å². The summed E-state index contributed by atoms with van der Waals surface area (Å²) in [5, 5.41) is 14.2. The van der Waals surface area contributed by atoms with Crippen molar-refractivity contribution in [3.05, 3.63) is 60.2 Å². The van der Waals surface area contributed by atoms with Crippen LogP contribution in [-0.4, -0.2) is 80.9 Å². The molecule has 2 unspecified atom stereocenters. The molecule has 3 rings (SSSR count). The molecule has 10 nitrogen and oxygen atoms in total. The first-order chi connectivity index (χ1) is 19.3. The highest BCUT2D eigenvalue weighted by Crippen LogP contribution is 2.26. The Bertz CT molecular complexity index is 1190.